The first kappa shape index (κ1) is 15.5. The first-order valence-corrected chi connectivity index (χ1v) is 8.83. The van der Waals surface area contributed by atoms with Crippen LogP contribution >= 0.6 is 34.2 Å². The van der Waals surface area contributed by atoms with Gasteiger partial charge in [-0.2, -0.15) is 0 Å². The van der Waals surface area contributed by atoms with Gasteiger partial charge in [0.1, 0.15) is 5.82 Å². The second-order valence-corrected chi connectivity index (χ2v) is 6.94. The van der Waals surface area contributed by atoms with Gasteiger partial charge in [-0.15, -0.1) is 11.6 Å². The molecular formula is C15H19ClIN3O. The molecule has 2 aromatic rings. The molecule has 0 radical (unpaired) electrons. The molecule has 1 aromatic heterocycles. The lowest BCUT2D eigenvalue weighted by molar-refractivity contribution is 0.0326. The smallest absolute Gasteiger partial charge is 0.125 e. The molecule has 4 nitrogen and oxygen atoms in total. The maximum absolute atomic E-state index is 6.11. The van der Waals surface area contributed by atoms with Gasteiger partial charge in [0.25, 0.3) is 0 Å². The van der Waals surface area contributed by atoms with Gasteiger partial charge in [-0.25, -0.2) is 4.98 Å². The Balaban J connectivity index is 1.90. The van der Waals surface area contributed by atoms with E-state index in [9.17, 15) is 0 Å². The number of rotatable bonds is 4. The van der Waals surface area contributed by atoms with Crippen molar-refractivity contribution in [2.24, 2.45) is 0 Å². The number of aromatic nitrogens is 2. The number of fused-ring (bicyclic) bond motifs is 1. The van der Waals surface area contributed by atoms with E-state index in [4.69, 9.17) is 16.3 Å². The Kier molecular flexibility index (Phi) is 5.03. The van der Waals surface area contributed by atoms with Gasteiger partial charge < -0.3 is 9.30 Å². The lowest BCUT2D eigenvalue weighted by atomic mass is 10.2. The molecular weight excluding hydrogens is 401 g/mol. The van der Waals surface area contributed by atoms with Crippen LogP contribution in [0.25, 0.3) is 11.0 Å². The van der Waals surface area contributed by atoms with Crippen molar-refractivity contribution < 1.29 is 4.74 Å². The molecule has 1 aromatic carbocycles. The van der Waals surface area contributed by atoms with Gasteiger partial charge in [-0.3, -0.25) is 4.90 Å². The summed E-state index contributed by atoms with van der Waals surface area (Å²) in [4.78, 5) is 7.14. The predicted molar refractivity (Wildman–Crippen MR) is 94.0 cm³/mol. The first-order valence-electron chi connectivity index (χ1n) is 7.21. The molecule has 2 heterocycles. The molecule has 114 valence electrons. The van der Waals surface area contributed by atoms with Crippen LogP contribution in [0.1, 0.15) is 18.8 Å². The summed E-state index contributed by atoms with van der Waals surface area (Å²) in [6.45, 7) is 6.92. The highest BCUT2D eigenvalue weighted by molar-refractivity contribution is 14.1. The highest BCUT2D eigenvalue weighted by Gasteiger charge is 2.19. The summed E-state index contributed by atoms with van der Waals surface area (Å²) in [5.41, 5.74) is 2.21. The number of hydrogen-bond acceptors (Lipinski definition) is 3. The van der Waals surface area contributed by atoms with Crippen LogP contribution in [0.5, 0.6) is 0 Å². The standard InChI is InChI=1S/C15H19ClIN3O/c1-11(10-19-4-6-21-7-5-19)20-14-3-2-12(17)8-13(14)18-15(20)9-16/h2-3,8,11H,4-7,9-10H2,1H3. The Morgan fingerprint density at radius 2 is 2.14 bits per heavy atom. The summed E-state index contributed by atoms with van der Waals surface area (Å²) in [6.07, 6.45) is 0. The molecule has 3 rings (SSSR count). The molecule has 1 fully saturated rings. The van der Waals surface area contributed by atoms with Gasteiger partial charge >= 0.3 is 0 Å². The maximum Gasteiger partial charge on any atom is 0.125 e. The van der Waals surface area contributed by atoms with Gasteiger partial charge in [-0.1, -0.05) is 0 Å². The topological polar surface area (TPSA) is 30.3 Å². The average Bonchev–Trinajstić information content (AvgIpc) is 2.85. The second-order valence-electron chi connectivity index (χ2n) is 5.43. The molecule has 1 aliphatic heterocycles. The number of ether oxygens (including phenoxy) is 1. The van der Waals surface area contributed by atoms with Gasteiger partial charge in [0.05, 0.1) is 30.1 Å². The molecule has 0 spiro atoms. The van der Waals surface area contributed by atoms with Crippen LogP contribution in [0, 0.1) is 3.57 Å². The normalized spacial score (nSPS) is 18.2. The van der Waals surface area contributed by atoms with E-state index in [1.807, 2.05) is 0 Å². The van der Waals surface area contributed by atoms with Crippen LogP contribution in [0.3, 0.4) is 0 Å². The number of alkyl halides is 1. The van der Waals surface area contributed by atoms with E-state index in [1.54, 1.807) is 0 Å². The quantitative estimate of drug-likeness (QED) is 0.563. The fourth-order valence-electron chi connectivity index (χ4n) is 2.95. The minimum absolute atomic E-state index is 0.349. The average molecular weight is 420 g/mol. The molecule has 0 saturated carbocycles. The maximum atomic E-state index is 6.11. The Bertz CT molecular complexity index is 625. The predicted octanol–water partition coefficient (Wildman–Crippen LogP) is 3.27. The Morgan fingerprint density at radius 3 is 2.86 bits per heavy atom. The first-order chi connectivity index (χ1) is 10.2. The van der Waals surface area contributed by atoms with Gasteiger partial charge in [0.15, 0.2) is 0 Å². The van der Waals surface area contributed by atoms with Gasteiger partial charge in [-0.05, 0) is 47.7 Å². The van der Waals surface area contributed by atoms with Crippen LogP contribution in [0.4, 0.5) is 0 Å². The molecule has 1 unspecified atom stereocenters. The zero-order chi connectivity index (χ0) is 14.8. The third-order valence-electron chi connectivity index (χ3n) is 3.91. The molecule has 0 aliphatic carbocycles. The Labute approximate surface area is 143 Å². The van der Waals surface area contributed by atoms with Crippen molar-refractivity contribution in [2.45, 2.75) is 18.8 Å². The number of nitrogens with zero attached hydrogens (tertiary/aromatic N) is 3. The van der Waals surface area contributed by atoms with Crippen molar-refractivity contribution in [3.63, 3.8) is 0 Å². The monoisotopic (exact) mass is 419 g/mol. The molecule has 1 aliphatic rings. The lowest BCUT2D eigenvalue weighted by Gasteiger charge is -2.30. The summed E-state index contributed by atoms with van der Waals surface area (Å²) < 4.78 is 8.90. The number of benzene rings is 1. The third kappa shape index (κ3) is 3.36. The molecule has 6 heteroatoms. The molecule has 0 N–H and O–H groups in total. The van der Waals surface area contributed by atoms with E-state index < -0.39 is 0 Å². The summed E-state index contributed by atoms with van der Waals surface area (Å²) in [5.74, 6) is 1.40. The van der Waals surface area contributed by atoms with E-state index in [1.165, 1.54) is 9.09 Å². The minimum atomic E-state index is 0.349. The summed E-state index contributed by atoms with van der Waals surface area (Å²) in [5, 5.41) is 0. The van der Waals surface area contributed by atoms with Crippen molar-refractivity contribution in [1.29, 1.82) is 0 Å². The largest absolute Gasteiger partial charge is 0.379 e. The molecule has 1 atom stereocenters. The van der Waals surface area contributed by atoms with E-state index in [-0.39, 0.29) is 0 Å². The molecule has 0 amide bonds. The highest BCUT2D eigenvalue weighted by atomic mass is 127. The minimum Gasteiger partial charge on any atom is -0.379 e. The third-order valence-corrected chi connectivity index (χ3v) is 4.82. The van der Waals surface area contributed by atoms with Gasteiger partial charge in [0.2, 0.25) is 0 Å². The zero-order valence-corrected chi connectivity index (χ0v) is 15.0. The lowest BCUT2D eigenvalue weighted by Crippen LogP contribution is -2.39. The number of hydrogen-bond donors (Lipinski definition) is 0. The Morgan fingerprint density at radius 1 is 1.38 bits per heavy atom. The van der Waals surface area contributed by atoms with E-state index >= 15 is 0 Å². The van der Waals surface area contributed by atoms with Crippen molar-refractivity contribution in [3.8, 4) is 0 Å². The SMILES string of the molecule is CC(CN1CCOCC1)n1c(CCl)nc2cc(I)ccc21. The fraction of sp³-hybridized carbons (Fsp3) is 0.533. The summed E-state index contributed by atoms with van der Waals surface area (Å²) in [7, 11) is 0. The van der Waals surface area contributed by atoms with Crippen molar-refractivity contribution in [1.82, 2.24) is 14.5 Å². The fourth-order valence-corrected chi connectivity index (χ4v) is 3.61. The highest BCUT2D eigenvalue weighted by Crippen LogP contribution is 2.24. The Hall–Kier alpha value is -0.370. The van der Waals surface area contributed by atoms with Crippen molar-refractivity contribution in [3.05, 3.63) is 27.6 Å². The van der Waals surface area contributed by atoms with Crippen LogP contribution < -0.4 is 0 Å². The molecule has 1 saturated heterocycles. The van der Waals surface area contributed by atoms with E-state index in [0.717, 1.165) is 44.2 Å². The van der Waals surface area contributed by atoms with Crippen molar-refractivity contribution in [2.75, 3.05) is 32.8 Å². The number of halogens is 2. The number of morpholine rings is 1. The zero-order valence-electron chi connectivity index (χ0n) is 12.1. The van der Waals surface area contributed by atoms with Crippen molar-refractivity contribution >= 4 is 45.2 Å². The van der Waals surface area contributed by atoms with Gasteiger partial charge in [0, 0.05) is 29.2 Å². The van der Waals surface area contributed by atoms with Crippen LogP contribution in [-0.2, 0) is 10.6 Å². The van der Waals surface area contributed by atoms with E-state index in [0.29, 0.717) is 11.9 Å². The van der Waals surface area contributed by atoms with Crippen LogP contribution in [0.2, 0.25) is 0 Å². The second kappa shape index (κ2) is 6.81. The molecule has 21 heavy (non-hydrogen) atoms. The molecule has 0 bridgehead atoms. The van der Waals surface area contributed by atoms with Crippen LogP contribution in [0.15, 0.2) is 18.2 Å². The summed E-state index contributed by atoms with van der Waals surface area (Å²) in [6, 6.07) is 6.74. The summed E-state index contributed by atoms with van der Waals surface area (Å²) >= 11 is 8.43. The number of imidazole rings is 1. The van der Waals surface area contributed by atoms with E-state index in [2.05, 4.69) is 62.2 Å². The van der Waals surface area contributed by atoms with Crippen LogP contribution in [-0.4, -0.2) is 47.3 Å².